The van der Waals surface area contributed by atoms with Gasteiger partial charge in [-0.25, -0.2) is 0 Å². The highest BCUT2D eigenvalue weighted by atomic mass is 19.4. The molecule has 0 aromatic carbocycles. The van der Waals surface area contributed by atoms with E-state index >= 15 is 0 Å². The number of hydrogen-bond acceptors (Lipinski definition) is 2. The summed E-state index contributed by atoms with van der Waals surface area (Å²) >= 11 is 0. The highest BCUT2D eigenvalue weighted by molar-refractivity contribution is 5.22. The predicted molar refractivity (Wildman–Crippen MR) is 45.4 cm³/mol. The van der Waals surface area contributed by atoms with Crippen LogP contribution >= 0.6 is 0 Å². The van der Waals surface area contributed by atoms with Crippen LogP contribution < -0.4 is 11.1 Å². The van der Waals surface area contributed by atoms with E-state index in [0.29, 0.717) is 0 Å². The molecule has 0 unspecified atom stereocenters. The van der Waals surface area contributed by atoms with Crippen LogP contribution in [0.15, 0.2) is 36.3 Å². The molecule has 0 spiro atoms. The van der Waals surface area contributed by atoms with E-state index < -0.39 is 11.7 Å². The summed E-state index contributed by atoms with van der Waals surface area (Å²) in [7, 11) is 0. The van der Waals surface area contributed by atoms with Crippen LogP contribution in [0.5, 0.6) is 0 Å². The number of nitrogens with two attached hydrogens (primary N) is 1. The van der Waals surface area contributed by atoms with Gasteiger partial charge in [-0.2, -0.15) is 13.2 Å². The lowest BCUT2D eigenvalue weighted by Crippen LogP contribution is -2.11. The molecule has 3 N–H and O–H groups in total. The Bertz CT molecular complexity index is 238. The Labute approximate surface area is 74.6 Å². The Morgan fingerprint density at radius 2 is 2.00 bits per heavy atom. The van der Waals surface area contributed by atoms with Gasteiger partial charge in [-0.1, -0.05) is 6.58 Å². The normalized spacial score (nSPS) is 14.2. The minimum absolute atomic E-state index is 0.00488. The maximum Gasteiger partial charge on any atom is 0.412 e. The van der Waals surface area contributed by atoms with Gasteiger partial charge in [0.15, 0.2) is 0 Å². The Balaban J connectivity index is 4.47. The van der Waals surface area contributed by atoms with Crippen molar-refractivity contribution in [3.8, 4) is 0 Å². The molecule has 0 radical (unpaired) electrons. The van der Waals surface area contributed by atoms with Gasteiger partial charge in [0.2, 0.25) is 0 Å². The molecule has 0 rings (SSSR count). The summed E-state index contributed by atoms with van der Waals surface area (Å²) in [4.78, 5) is 0. The standard InChI is InChI=1S/C8H11F3N2/c1-3-13-5-7(12)4-6(2)8(9,10)11/h3-5,13H,1,12H2,2H3/b6-4+,7-5+. The van der Waals surface area contributed by atoms with Crippen LogP contribution in [0.25, 0.3) is 0 Å². The van der Waals surface area contributed by atoms with Crippen molar-refractivity contribution in [1.29, 1.82) is 0 Å². The van der Waals surface area contributed by atoms with Crippen LogP contribution in [0.1, 0.15) is 6.92 Å². The summed E-state index contributed by atoms with van der Waals surface area (Å²) in [6, 6.07) is 0. The van der Waals surface area contributed by atoms with E-state index in [1.165, 1.54) is 12.4 Å². The van der Waals surface area contributed by atoms with Crippen molar-refractivity contribution in [3.63, 3.8) is 0 Å². The lowest BCUT2D eigenvalue weighted by Gasteiger charge is -2.05. The maximum atomic E-state index is 11.9. The van der Waals surface area contributed by atoms with E-state index in [0.717, 1.165) is 13.0 Å². The molecule has 0 bridgehead atoms. The average Bonchev–Trinajstić information content (AvgIpc) is 1.99. The van der Waals surface area contributed by atoms with Gasteiger partial charge in [0.25, 0.3) is 0 Å². The first-order valence-corrected chi connectivity index (χ1v) is 3.46. The van der Waals surface area contributed by atoms with E-state index in [-0.39, 0.29) is 5.70 Å². The molecule has 5 heteroatoms. The second kappa shape index (κ2) is 4.59. The lowest BCUT2D eigenvalue weighted by molar-refractivity contribution is -0.0913. The molecule has 0 saturated carbocycles. The van der Waals surface area contributed by atoms with E-state index in [9.17, 15) is 13.2 Å². The zero-order valence-electron chi connectivity index (χ0n) is 7.15. The Kier molecular flexibility index (Phi) is 4.10. The van der Waals surface area contributed by atoms with Crippen molar-refractivity contribution in [1.82, 2.24) is 5.32 Å². The highest BCUT2D eigenvalue weighted by Crippen LogP contribution is 2.25. The first-order valence-electron chi connectivity index (χ1n) is 3.46. The summed E-state index contributed by atoms with van der Waals surface area (Å²) in [5.41, 5.74) is 4.48. The molecule has 0 amide bonds. The molecule has 0 aromatic heterocycles. The van der Waals surface area contributed by atoms with Crippen molar-refractivity contribution < 1.29 is 13.2 Å². The second-order valence-corrected chi connectivity index (χ2v) is 2.34. The molecule has 0 saturated heterocycles. The van der Waals surface area contributed by atoms with Crippen LogP contribution in [0.3, 0.4) is 0 Å². The van der Waals surface area contributed by atoms with Gasteiger partial charge in [-0.15, -0.1) is 0 Å². The van der Waals surface area contributed by atoms with Crippen LogP contribution in [0.2, 0.25) is 0 Å². The zero-order chi connectivity index (χ0) is 10.5. The Hall–Kier alpha value is -1.39. The van der Waals surface area contributed by atoms with Gasteiger partial charge >= 0.3 is 6.18 Å². The first-order chi connectivity index (χ1) is 5.88. The fourth-order valence-electron chi connectivity index (χ4n) is 0.529. The van der Waals surface area contributed by atoms with Gasteiger partial charge in [0, 0.05) is 17.5 Å². The summed E-state index contributed by atoms with van der Waals surface area (Å²) in [6.45, 7) is 4.26. The molecule has 0 heterocycles. The topological polar surface area (TPSA) is 38.0 Å². The number of nitrogens with one attached hydrogen (secondary N) is 1. The summed E-state index contributed by atoms with van der Waals surface area (Å²) < 4.78 is 35.8. The van der Waals surface area contributed by atoms with Crippen molar-refractivity contribution in [2.24, 2.45) is 5.73 Å². The largest absolute Gasteiger partial charge is 0.412 e. The molecular weight excluding hydrogens is 181 g/mol. The van der Waals surface area contributed by atoms with Gasteiger partial charge in [0.05, 0.1) is 0 Å². The van der Waals surface area contributed by atoms with Crippen molar-refractivity contribution >= 4 is 0 Å². The molecule has 0 atom stereocenters. The molecule has 0 aromatic rings. The van der Waals surface area contributed by atoms with Crippen molar-refractivity contribution in [2.45, 2.75) is 13.1 Å². The Morgan fingerprint density at radius 1 is 1.46 bits per heavy atom. The first kappa shape index (κ1) is 11.6. The third-order valence-corrected chi connectivity index (χ3v) is 1.20. The summed E-state index contributed by atoms with van der Waals surface area (Å²) in [5, 5.41) is 2.47. The van der Waals surface area contributed by atoms with Crippen LogP contribution in [0.4, 0.5) is 13.2 Å². The lowest BCUT2D eigenvalue weighted by atomic mass is 10.2. The van der Waals surface area contributed by atoms with Crippen LogP contribution in [0, 0.1) is 0 Å². The minimum atomic E-state index is -4.33. The van der Waals surface area contributed by atoms with E-state index in [1.54, 1.807) is 0 Å². The predicted octanol–water partition coefficient (Wildman–Crippen LogP) is 2.03. The van der Waals surface area contributed by atoms with Crippen LogP contribution in [-0.4, -0.2) is 6.18 Å². The molecule has 0 aliphatic heterocycles. The molecule has 0 aliphatic rings. The minimum Gasteiger partial charge on any atom is -0.398 e. The Morgan fingerprint density at radius 3 is 2.38 bits per heavy atom. The fourth-order valence-corrected chi connectivity index (χ4v) is 0.529. The highest BCUT2D eigenvalue weighted by Gasteiger charge is 2.29. The second-order valence-electron chi connectivity index (χ2n) is 2.34. The molecular formula is C8H11F3N2. The van der Waals surface area contributed by atoms with Gasteiger partial charge < -0.3 is 11.1 Å². The van der Waals surface area contributed by atoms with Gasteiger partial charge in [-0.3, -0.25) is 0 Å². The van der Waals surface area contributed by atoms with Crippen LogP contribution in [-0.2, 0) is 0 Å². The summed E-state index contributed by atoms with van der Waals surface area (Å²) in [6.07, 6.45) is -0.949. The average molecular weight is 192 g/mol. The quantitative estimate of drug-likeness (QED) is 0.671. The van der Waals surface area contributed by atoms with Crippen molar-refractivity contribution in [3.05, 3.63) is 36.3 Å². The molecule has 2 nitrogen and oxygen atoms in total. The summed E-state index contributed by atoms with van der Waals surface area (Å²) in [5.74, 6) is 0. The molecule has 0 aliphatic carbocycles. The van der Waals surface area contributed by atoms with E-state index in [1.807, 2.05) is 0 Å². The number of hydrogen-bond donors (Lipinski definition) is 2. The zero-order valence-corrected chi connectivity index (χ0v) is 7.15. The van der Waals surface area contributed by atoms with Gasteiger partial charge in [0.1, 0.15) is 0 Å². The third kappa shape index (κ3) is 4.95. The maximum absolute atomic E-state index is 11.9. The molecule has 74 valence electrons. The molecule has 13 heavy (non-hydrogen) atoms. The van der Waals surface area contributed by atoms with E-state index in [2.05, 4.69) is 11.9 Å². The monoisotopic (exact) mass is 192 g/mol. The number of alkyl halides is 3. The number of halogens is 3. The van der Waals surface area contributed by atoms with E-state index in [4.69, 9.17) is 5.73 Å². The van der Waals surface area contributed by atoms with Gasteiger partial charge in [-0.05, 0) is 19.2 Å². The smallest absolute Gasteiger partial charge is 0.398 e. The third-order valence-electron chi connectivity index (χ3n) is 1.20. The molecule has 0 fully saturated rings. The SMILES string of the molecule is C=CN/C=C(N)\C=C(/C)C(F)(F)F. The number of rotatable bonds is 3. The van der Waals surface area contributed by atoms with Crippen molar-refractivity contribution in [2.75, 3.05) is 0 Å². The fraction of sp³-hybridized carbons (Fsp3) is 0.250. The number of allylic oxidation sites excluding steroid dienone is 2.